The second-order valence-electron chi connectivity index (χ2n) is 4.84. The zero-order valence-corrected chi connectivity index (χ0v) is 13.3. The Bertz CT molecular complexity index is 430. The number of benzene rings is 1. The van der Waals surface area contributed by atoms with E-state index >= 15 is 0 Å². The highest BCUT2D eigenvalue weighted by Crippen LogP contribution is 2.33. The van der Waals surface area contributed by atoms with Gasteiger partial charge in [-0.2, -0.15) is 0 Å². The Morgan fingerprint density at radius 2 is 1.90 bits per heavy atom. The summed E-state index contributed by atoms with van der Waals surface area (Å²) in [4.78, 5) is 3.60. The van der Waals surface area contributed by atoms with E-state index in [0.29, 0.717) is 6.54 Å². The summed E-state index contributed by atoms with van der Waals surface area (Å²) in [7, 11) is 3.49. The Hall–Kier alpha value is -0.750. The third-order valence-corrected chi connectivity index (χ3v) is 4.76. The van der Waals surface area contributed by atoms with Crippen molar-refractivity contribution >= 4 is 17.4 Å². The lowest BCUT2D eigenvalue weighted by Crippen LogP contribution is -2.27. The molecule has 0 aromatic heterocycles. The predicted octanol–water partition coefficient (Wildman–Crippen LogP) is 2.11. The normalized spacial score (nSPS) is 22.5. The van der Waals surface area contributed by atoms with Crippen molar-refractivity contribution in [3.63, 3.8) is 0 Å². The van der Waals surface area contributed by atoms with Crippen LogP contribution in [0.5, 0.6) is 0 Å². The molecule has 0 radical (unpaired) electrons. The van der Waals surface area contributed by atoms with Crippen LogP contribution in [0.3, 0.4) is 0 Å². The molecule has 1 fully saturated rings. The van der Waals surface area contributed by atoms with Crippen molar-refractivity contribution in [1.82, 2.24) is 0 Å². The molecule has 1 aromatic rings. The molecule has 2 unspecified atom stereocenters. The van der Waals surface area contributed by atoms with E-state index in [-0.39, 0.29) is 12.2 Å². The highest BCUT2D eigenvalue weighted by molar-refractivity contribution is 7.99. The molecule has 5 heteroatoms. The summed E-state index contributed by atoms with van der Waals surface area (Å²) in [5.74, 6) is 1.05. The summed E-state index contributed by atoms with van der Waals surface area (Å²) in [6, 6.07) is 6.40. The fourth-order valence-electron chi connectivity index (χ4n) is 2.74. The van der Waals surface area contributed by atoms with Crippen molar-refractivity contribution in [2.75, 3.05) is 38.0 Å². The average Bonchev–Trinajstić information content (AvgIpc) is 2.90. The summed E-state index contributed by atoms with van der Waals surface area (Å²) < 4.78 is 11.0. The minimum atomic E-state index is 0.119. The van der Waals surface area contributed by atoms with Gasteiger partial charge in [0, 0.05) is 50.0 Å². The molecule has 0 amide bonds. The number of nitrogens with zero attached hydrogens (tertiary/aromatic N) is 1. The molecular weight excluding hydrogens is 272 g/mol. The predicted molar refractivity (Wildman–Crippen MR) is 84.5 cm³/mol. The monoisotopic (exact) mass is 296 g/mol. The number of anilines is 1. The van der Waals surface area contributed by atoms with Crippen LogP contribution in [0.15, 0.2) is 23.1 Å². The van der Waals surface area contributed by atoms with Gasteiger partial charge in [-0.15, -0.1) is 11.8 Å². The van der Waals surface area contributed by atoms with Crippen molar-refractivity contribution in [3.8, 4) is 0 Å². The van der Waals surface area contributed by atoms with Crippen molar-refractivity contribution in [2.45, 2.75) is 30.6 Å². The van der Waals surface area contributed by atoms with Crippen LogP contribution in [0.4, 0.5) is 5.69 Å². The van der Waals surface area contributed by atoms with E-state index in [9.17, 15) is 0 Å². The van der Waals surface area contributed by atoms with Crippen LogP contribution in [-0.4, -0.2) is 45.3 Å². The third-order valence-electron chi connectivity index (χ3n) is 3.77. The molecule has 112 valence electrons. The first kappa shape index (κ1) is 15.6. The summed E-state index contributed by atoms with van der Waals surface area (Å²) >= 11 is 1.84. The zero-order valence-electron chi connectivity index (χ0n) is 12.5. The molecule has 1 aliphatic rings. The standard InChI is InChI=1S/C15H24N2O2S/c1-4-20-15-7-5-6-12(11(15)8-16)17-9-13(18-2)14(10-17)19-3/h5-7,13-14H,4,8-10,16H2,1-3H3. The van der Waals surface area contributed by atoms with Gasteiger partial charge in [0.1, 0.15) is 12.2 Å². The number of ether oxygens (including phenoxy) is 2. The molecule has 0 bridgehead atoms. The van der Waals surface area contributed by atoms with Crippen LogP contribution >= 0.6 is 11.8 Å². The summed E-state index contributed by atoms with van der Waals surface area (Å²) in [6.45, 7) is 4.42. The Balaban J connectivity index is 2.27. The molecule has 1 aliphatic heterocycles. The fourth-order valence-corrected chi connectivity index (χ4v) is 3.59. The van der Waals surface area contributed by atoms with Gasteiger partial charge in [-0.25, -0.2) is 0 Å². The van der Waals surface area contributed by atoms with Gasteiger partial charge in [0.25, 0.3) is 0 Å². The molecule has 1 aromatic carbocycles. The Labute approximate surface area is 125 Å². The molecule has 4 nitrogen and oxygen atoms in total. The van der Waals surface area contributed by atoms with E-state index in [2.05, 4.69) is 30.0 Å². The molecule has 0 aliphatic carbocycles. The maximum Gasteiger partial charge on any atom is 0.102 e. The number of rotatable bonds is 6. The highest BCUT2D eigenvalue weighted by atomic mass is 32.2. The smallest absolute Gasteiger partial charge is 0.102 e. The van der Waals surface area contributed by atoms with Crippen molar-refractivity contribution in [1.29, 1.82) is 0 Å². The van der Waals surface area contributed by atoms with Crippen LogP contribution in [0.2, 0.25) is 0 Å². The van der Waals surface area contributed by atoms with E-state index in [4.69, 9.17) is 15.2 Å². The Morgan fingerprint density at radius 1 is 1.25 bits per heavy atom. The molecular formula is C15H24N2O2S. The van der Waals surface area contributed by atoms with Crippen molar-refractivity contribution in [3.05, 3.63) is 23.8 Å². The molecule has 2 N–H and O–H groups in total. The van der Waals surface area contributed by atoms with Gasteiger partial charge in [0.15, 0.2) is 0 Å². The third kappa shape index (κ3) is 3.11. The first-order valence-corrected chi connectivity index (χ1v) is 7.99. The topological polar surface area (TPSA) is 47.7 Å². The van der Waals surface area contributed by atoms with Gasteiger partial charge in [0.2, 0.25) is 0 Å². The number of hydrogen-bond donors (Lipinski definition) is 1. The van der Waals surface area contributed by atoms with Crippen LogP contribution in [0, 0.1) is 0 Å². The molecule has 2 atom stereocenters. The number of hydrogen-bond acceptors (Lipinski definition) is 5. The van der Waals surface area contributed by atoms with E-state index in [1.807, 2.05) is 11.8 Å². The van der Waals surface area contributed by atoms with E-state index in [0.717, 1.165) is 18.8 Å². The molecule has 0 saturated carbocycles. The van der Waals surface area contributed by atoms with E-state index < -0.39 is 0 Å². The first-order valence-electron chi connectivity index (χ1n) is 7.00. The van der Waals surface area contributed by atoms with E-state index in [1.54, 1.807) is 14.2 Å². The Morgan fingerprint density at radius 3 is 2.40 bits per heavy atom. The fraction of sp³-hybridized carbons (Fsp3) is 0.600. The maximum absolute atomic E-state index is 5.98. The summed E-state index contributed by atoms with van der Waals surface area (Å²) in [6.07, 6.45) is 0.237. The molecule has 1 heterocycles. The van der Waals surface area contributed by atoms with Gasteiger partial charge in [-0.3, -0.25) is 0 Å². The van der Waals surface area contributed by atoms with Gasteiger partial charge in [-0.1, -0.05) is 13.0 Å². The second kappa shape index (κ2) is 7.31. The lowest BCUT2D eigenvalue weighted by atomic mass is 10.1. The summed E-state index contributed by atoms with van der Waals surface area (Å²) in [5, 5.41) is 0. The molecule has 2 rings (SSSR count). The minimum Gasteiger partial charge on any atom is -0.377 e. The van der Waals surface area contributed by atoms with E-state index in [1.165, 1.54) is 16.1 Å². The molecule has 20 heavy (non-hydrogen) atoms. The zero-order chi connectivity index (χ0) is 14.5. The van der Waals surface area contributed by atoms with Gasteiger partial charge >= 0.3 is 0 Å². The van der Waals surface area contributed by atoms with Gasteiger partial charge in [-0.05, 0) is 17.9 Å². The Kier molecular flexibility index (Phi) is 5.72. The number of thioether (sulfide) groups is 1. The molecule has 0 spiro atoms. The van der Waals surface area contributed by atoms with Crippen LogP contribution in [0.1, 0.15) is 12.5 Å². The van der Waals surface area contributed by atoms with Gasteiger partial charge in [0.05, 0.1) is 0 Å². The summed E-state index contributed by atoms with van der Waals surface area (Å²) in [5.41, 5.74) is 8.42. The second-order valence-corrected chi connectivity index (χ2v) is 6.15. The maximum atomic E-state index is 5.98. The van der Waals surface area contributed by atoms with Crippen LogP contribution in [-0.2, 0) is 16.0 Å². The SMILES string of the molecule is CCSc1cccc(N2CC(OC)C(OC)C2)c1CN. The number of nitrogens with two attached hydrogens (primary N) is 1. The lowest BCUT2D eigenvalue weighted by molar-refractivity contribution is -0.00461. The van der Waals surface area contributed by atoms with Crippen LogP contribution in [0.25, 0.3) is 0 Å². The lowest BCUT2D eigenvalue weighted by Gasteiger charge is -2.23. The van der Waals surface area contributed by atoms with Gasteiger partial charge < -0.3 is 20.1 Å². The quantitative estimate of drug-likeness (QED) is 0.815. The number of methoxy groups -OCH3 is 2. The highest BCUT2D eigenvalue weighted by Gasteiger charge is 2.34. The van der Waals surface area contributed by atoms with Crippen molar-refractivity contribution in [2.24, 2.45) is 5.73 Å². The van der Waals surface area contributed by atoms with Crippen molar-refractivity contribution < 1.29 is 9.47 Å². The largest absolute Gasteiger partial charge is 0.377 e. The van der Waals surface area contributed by atoms with Crippen LogP contribution < -0.4 is 10.6 Å². The minimum absolute atomic E-state index is 0.119. The molecule has 1 saturated heterocycles. The first-order chi connectivity index (χ1) is 9.74. The average molecular weight is 296 g/mol.